The van der Waals surface area contributed by atoms with Crippen molar-refractivity contribution >= 4 is 41.3 Å². The molecule has 134 valence electrons. The molecule has 0 bridgehead atoms. The lowest BCUT2D eigenvalue weighted by molar-refractivity contribution is -0.130. The number of imide groups is 1. The van der Waals surface area contributed by atoms with Gasteiger partial charge in [-0.05, 0) is 36.4 Å². The van der Waals surface area contributed by atoms with Crippen LogP contribution < -0.4 is 5.32 Å². The number of esters is 1. The Bertz CT molecular complexity index is 844. The molecular formula is C17H14ClN3O4S. The maximum atomic E-state index is 12.3. The Morgan fingerprint density at radius 2 is 2.04 bits per heavy atom. The zero-order valence-electron chi connectivity index (χ0n) is 13.5. The Morgan fingerprint density at radius 1 is 1.27 bits per heavy atom. The first kappa shape index (κ1) is 18.2. The van der Waals surface area contributed by atoms with Gasteiger partial charge in [0, 0.05) is 29.2 Å². The van der Waals surface area contributed by atoms with E-state index in [1.807, 2.05) is 12.1 Å². The minimum Gasteiger partial charge on any atom is -0.452 e. The van der Waals surface area contributed by atoms with Crippen LogP contribution in [0.1, 0.15) is 10.4 Å². The largest absolute Gasteiger partial charge is 0.452 e. The maximum absolute atomic E-state index is 12.3. The number of nitrogens with one attached hydrogen (secondary N) is 1. The molecule has 7 nitrogen and oxygen atoms in total. The number of ether oxygens (including phenoxy) is 1. The van der Waals surface area contributed by atoms with Gasteiger partial charge in [-0.2, -0.15) is 0 Å². The third kappa shape index (κ3) is 4.33. The van der Waals surface area contributed by atoms with E-state index >= 15 is 0 Å². The van der Waals surface area contributed by atoms with Crippen LogP contribution in [0.5, 0.6) is 0 Å². The monoisotopic (exact) mass is 391 g/mol. The zero-order valence-corrected chi connectivity index (χ0v) is 15.0. The highest BCUT2D eigenvalue weighted by Crippen LogP contribution is 2.29. The molecule has 3 rings (SSSR count). The van der Waals surface area contributed by atoms with Crippen LogP contribution in [-0.4, -0.2) is 47.5 Å². The molecule has 1 aliphatic heterocycles. The summed E-state index contributed by atoms with van der Waals surface area (Å²) in [5.41, 5.74) is 0.242. The minimum atomic E-state index is -0.678. The number of nitrogens with zero attached hydrogens (tertiary/aromatic N) is 2. The Kier molecular flexibility index (Phi) is 5.75. The van der Waals surface area contributed by atoms with E-state index in [-0.39, 0.29) is 12.1 Å². The molecule has 1 N–H and O–H groups in total. The van der Waals surface area contributed by atoms with Gasteiger partial charge in [0.15, 0.2) is 6.61 Å². The number of carbonyl (C=O) groups excluding carboxylic acids is 3. The number of carbonyl (C=O) groups is 3. The third-order valence-electron chi connectivity index (χ3n) is 3.50. The lowest BCUT2D eigenvalue weighted by Crippen LogP contribution is -2.37. The minimum absolute atomic E-state index is 0.242. The van der Waals surface area contributed by atoms with E-state index in [1.165, 1.54) is 11.8 Å². The summed E-state index contributed by atoms with van der Waals surface area (Å²) in [7, 11) is 0. The highest BCUT2D eigenvalue weighted by Gasteiger charge is 2.27. The summed E-state index contributed by atoms with van der Waals surface area (Å²) < 4.78 is 5.06. The van der Waals surface area contributed by atoms with Crippen molar-refractivity contribution in [2.45, 2.75) is 9.92 Å². The topological polar surface area (TPSA) is 88.6 Å². The van der Waals surface area contributed by atoms with Crippen LogP contribution in [0.3, 0.4) is 0 Å². The summed E-state index contributed by atoms with van der Waals surface area (Å²) in [5, 5.41) is 3.57. The van der Waals surface area contributed by atoms with E-state index in [9.17, 15) is 14.4 Å². The molecule has 0 spiro atoms. The Hall–Kier alpha value is -2.58. The highest BCUT2D eigenvalue weighted by molar-refractivity contribution is 7.99. The van der Waals surface area contributed by atoms with Gasteiger partial charge in [-0.1, -0.05) is 23.4 Å². The van der Waals surface area contributed by atoms with Gasteiger partial charge in [-0.25, -0.2) is 14.6 Å². The van der Waals surface area contributed by atoms with Crippen molar-refractivity contribution in [1.82, 2.24) is 15.2 Å². The van der Waals surface area contributed by atoms with Gasteiger partial charge >= 0.3 is 12.0 Å². The lowest BCUT2D eigenvalue weighted by Gasteiger charge is -2.13. The Labute approximate surface area is 158 Å². The molecule has 1 fully saturated rings. The number of halogens is 1. The quantitative estimate of drug-likeness (QED) is 0.788. The molecule has 2 heterocycles. The summed E-state index contributed by atoms with van der Waals surface area (Å²) in [6.45, 7) is 0.148. The molecule has 9 heteroatoms. The summed E-state index contributed by atoms with van der Waals surface area (Å²) in [6, 6.07) is 9.80. The molecular weight excluding hydrogens is 378 g/mol. The van der Waals surface area contributed by atoms with Gasteiger partial charge in [-0.3, -0.25) is 9.69 Å². The zero-order chi connectivity index (χ0) is 18.5. The maximum Gasteiger partial charge on any atom is 0.341 e. The molecule has 2 aromatic rings. The molecule has 0 saturated carbocycles. The van der Waals surface area contributed by atoms with Crippen molar-refractivity contribution in [2.24, 2.45) is 0 Å². The SMILES string of the molecule is O=C(OCC(=O)N1CCNC1=O)c1cccnc1Sc1ccc(Cl)cc1. The average Bonchev–Trinajstić information content (AvgIpc) is 3.08. The van der Waals surface area contributed by atoms with E-state index in [1.54, 1.807) is 30.5 Å². The van der Waals surface area contributed by atoms with Crippen LogP contribution in [0.15, 0.2) is 52.5 Å². The van der Waals surface area contributed by atoms with E-state index in [4.69, 9.17) is 16.3 Å². The van der Waals surface area contributed by atoms with E-state index in [0.717, 1.165) is 9.80 Å². The standard InChI is InChI=1S/C17H14ClN3O4S/c18-11-3-5-12(6-4-11)26-15-13(2-1-7-19-15)16(23)25-10-14(22)21-9-8-20-17(21)24/h1-7H,8-10H2,(H,20,24). The van der Waals surface area contributed by atoms with Crippen LogP contribution in [0.4, 0.5) is 4.79 Å². The molecule has 3 amide bonds. The summed E-state index contributed by atoms with van der Waals surface area (Å²) in [6.07, 6.45) is 1.56. The molecule has 0 radical (unpaired) electrons. The van der Waals surface area contributed by atoms with Crippen molar-refractivity contribution in [3.8, 4) is 0 Å². The molecule has 1 saturated heterocycles. The van der Waals surface area contributed by atoms with Crippen LogP contribution >= 0.6 is 23.4 Å². The normalized spacial score (nSPS) is 13.4. The van der Waals surface area contributed by atoms with Gasteiger partial charge in [0.05, 0.1) is 5.56 Å². The molecule has 26 heavy (non-hydrogen) atoms. The third-order valence-corrected chi connectivity index (χ3v) is 4.78. The van der Waals surface area contributed by atoms with Crippen LogP contribution in [0.25, 0.3) is 0 Å². The van der Waals surface area contributed by atoms with Gasteiger partial charge < -0.3 is 10.1 Å². The second kappa shape index (κ2) is 8.20. The average molecular weight is 392 g/mol. The molecule has 1 aromatic carbocycles. The van der Waals surface area contributed by atoms with Crippen molar-refractivity contribution in [1.29, 1.82) is 0 Å². The summed E-state index contributed by atoms with van der Waals surface area (Å²) >= 11 is 7.15. The molecule has 0 aliphatic carbocycles. The second-order valence-corrected chi connectivity index (χ2v) is 6.76. The fourth-order valence-electron chi connectivity index (χ4n) is 2.23. The van der Waals surface area contributed by atoms with Gasteiger partial charge in [0.25, 0.3) is 5.91 Å². The number of hydrogen-bond acceptors (Lipinski definition) is 6. The first-order chi connectivity index (χ1) is 12.5. The van der Waals surface area contributed by atoms with Crippen molar-refractivity contribution < 1.29 is 19.1 Å². The first-order valence-corrected chi connectivity index (χ1v) is 8.88. The number of urea groups is 1. The number of amides is 3. The molecule has 0 atom stereocenters. The summed E-state index contributed by atoms with van der Waals surface area (Å²) in [5.74, 6) is -1.24. The van der Waals surface area contributed by atoms with Gasteiger partial charge in [-0.15, -0.1) is 0 Å². The predicted molar refractivity (Wildman–Crippen MR) is 95.2 cm³/mol. The van der Waals surface area contributed by atoms with Crippen LogP contribution in [-0.2, 0) is 9.53 Å². The van der Waals surface area contributed by atoms with E-state index in [0.29, 0.717) is 16.6 Å². The van der Waals surface area contributed by atoms with E-state index < -0.39 is 24.5 Å². The Balaban J connectivity index is 1.66. The van der Waals surface area contributed by atoms with Crippen LogP contribution in [0.2, 0.25) is 5.02 Å². The van der Waals surface area contributed by atoms with Crippen LogP contribution in [0, 0.1) is 0 Å². The molecule has 1 aromatic heterocycles. The van der Waals surface area contributed by atoms with Crippen molar-refractivity contribution in [3.63, 3.8) is 0 Å². The first-order valence-electron chi connectivity index (χ1n) is 7.68. The highest BCUT2D eigenvalue weighted by atomic mass is 35.5. The number of hydrogen-bond donors (Lipinski definition) is 1. The predicted octanol–water partition coefficient (Wildman–Crippen LogP) is 2.59. The Morgan fingerprint density at radius 3 is 2.73 bits per heavy atom. The number of rotatable bonds is 5. The lowest BCUT2D eigenvalue weighted by atomic mass is 10.3. The summed E-state index contributed by atoms with van der Waals surface area (Å²) in [4.78, 5) is 41.8. The smallest absolute Gasteiger partial charge is 0.341 e. The van der Waals surface area contributed by atoms with Gasteiger partial charge in [0.2, 0.25) is 0 Å². The van der Waals surface area contributed by atoms with Crippen molar-refractivity contribution in [2.75, 3.05) is 19.7 Å². The van der Waals surface area contributed by atoms with Gasteiger partial charge in [0.1, 0.15) is 5.03 Å². The number of benzene rings is 1. The fourth-order valence-corrected chi connectivity index (χ4v) is 3.23. The number of pyridine rings is 1. The fraction of sp³-hybridized carbons (Fsp3) is 0.176. The molecule has 1 aliphatic rings. The van der Waals surface area contributed by atoms with E-state index in [2.05, 4.69) is 10.3 Å². The second-order valence-electron chi connectivity index (χ2n) is 5.27. The number of aromatic nitrogens is 1. The van der Waals surface area contributed by atoms with Crippen molar-refractivity contribution in [3.05, 3.63) is 53.2 Å². The molecule has 0 unspecified atom stereocenters.